The van der Waals surface area contributed by atoms with E-state index in [4.69, 9.17) is 0 Å². The summed E-state index contributed by atoms with van der Waals surface area (Å²) in [6.07, 6.45) is -5.72. The summed E-state index contributed by atoms with van der Waals surface area (Å²) < 4.78 is 94.5. The number of hydrogen-bond acceptors (Lipinski definition) is 3. The molecule has 2 aromatic carbocycles. The molecule has 1 N–H and O–H groups in total. The first kappa shape index (κ1) is 24.5. The summed E-state index contributed by atoms with van der Waals surface area (Å²) >= 11 is 0. The van der Waals surface area contributed by atoms with Gasteiger partial charge in [0, 0.05) is 25.0 Å². The van der Waals surface area contributed by atoms with Crippen LogP contribution in [0.5, 0.6) is 5.88 Å². The number of aromatic hydroxyl groups is 1. The summed E-state index contributed by atoms with van der Waals surface area (Å²) in [5, 5.41) is 13.8. The largest absolute Gasteiger partial charge is 0.493 e. The Morgan fingerprint density at radius 1 is 1.00 bits per heavy atom. The van der Waals surface area contributed by atoms with Crippen molar-refractivity contribution in [2.75, 3.05) is 0 Å². The third kappa shape index (κ3) is 4.08. The number of hydrogen-bond donors (Lipinski definition) is 1. The Kier molecular flexibility index (Phi) is 6.65. The molecule has 0 aliphatic carbocycles. The third-order valence-corrected chi connectivity index (χ3v) is 4.28. The number of carbonyl (C=O) groups is 1. The Bertz CT molecular complexity index is 1160. The van der Waals surface area contributed by atoms with Crippen LogP contribution in [0.4, 0.5) is 30.7 Å². The summed E-state index contributed by atoms with van der Waals surface area (Å²) in [6.45, 7) is 2.83. The van der Waals surface area contributed by atoms with Gasteiger partial charge in [-0.05, 0) is 19.9 Å². The minimum absolute atomic E-state index is 0. The molecule has 4 nitrogen and oxygen atoms in total. The molecule has 0 spiro atoms. The van der Waals surface area contributed by atoms with Crippen LogP contribution < -0.4 is 0 Å². The molecule has 3 rings (SSSR count). The van der Waals surface area contributed by atoms with Crippen LogP contribution in [0.3, 0.4) is 0 Å². The van der Waals surface area contributed by atoms with Gasteiger partial charge >= 0.3 is 6.18 Å². The van der Waals surface area contributed by atoms with E-state index in [2.05, 4.69) is 5.10 Å². The topological polar surface area (TPSA) is 55.1 Å². The fourth-order valence-electron chi connectivity index (χ4n) is 2.92. The Morgan fingerprint density at radius 2 is 1.55 bits per heavy atom. The Balaban J connectivity index is 0.00000341. The smallest absolute Gasteiger partial charge is 0.422 e. The van der Waals surface area contributed by atoms with Crippen LogP contribution in [0, 0.1) is 37.1 Å². The second-order valence-electron chi connectivity index (χ2n) is 6.37. The molecular formula is C19H11F7N2O2Zn. The van der Waals surface area contributed by atoms with Gasteiger partial charge in [-0.1, -0.05) is 23.8 Å². The number of alkyl halides is 3. The van der Waals surface area contributed by atoms with Crippen molar-refractivity contribution in [2.45, 2.75) is 20.0 Å². The predicted octanol–water partition coefficient (Wildman–Crippen LogP) is 5.00. The van der Waals surface area contributed by atoms with E-state index in [9.17, 15) is 40.6 Å². The zero-order chi connectivity index (χ0) is 22.5. The number of aryl methyl sites for hydroxylation is 2. The van der Waals surface area contributed by atoms with Crippen molar-refractivity contribution in [1.29, 1.82) is 0 Å². The first-order valence-electron chi connectivity index (χ1n) is 8.19. The summed E-state index contributed by atoms with van der Waals surface area (Å²) in [4.78, 5) is 12.7. The van der Waals surface area contributed by atoms with E-state index in [1.807, 2.05) is 0 Å². The van der Waals surface area contributed by atoms with Crippen molar-refractivity contribution in [3.8, 4) is 11.6 Å². The Morgan fingerprint density at radius 3 is 2.03 bits per heavy atom. The standard InChI is InChI=1S/C19H11F7N2O2.Zn/c1-7-4-3-5-9(6-7)17(29)10-8(2)27-28(18(10)30)16-14(22)12(20)11(19(24,25)26)13(21)15(16)23;/h3-6,30H,1-2H3;. The number of nitrogens with zero attached hydrogens (tertiary/aromatic N) is 2. The molecule has 0 saturated heterocycles. The first-order chi connectivity index (χ1) is 13.9. The van der Waals surface area contributed by atoms with Crippen molar-refractivity contribution < 1.29 is 60.1 Å². The number of carbonyl (C=O) groups excluding carboxylic acids is 1. The monoisotopic (exact) mass is 496 g/mol. The van der Waals surface area contributed by atoms with Crippen molar-refractivity contribution in [1.82, 2.24) is 9.78 Å². The average Bonchev–Trinajstić information content (AvgIpc) is 2.93. The second kappa shape index (κ2) is 8.41. The molecule has 12 heteroatoms. The molecule has 0 atom stereocenters. The van der Waals surface area contributed by atoms with E-state index < -0.39 is 57.9 Å². The normalized spacial score (nSPS) is 11.4. The molecule has 0 amide bonds. The molecule has 0 radical (unpaired) electrons. The van der Waals surface area contributed by atoms with Crippen molar-refractivity contribution in [2.24, 2.45) is 0 Å². The predicted molar refractivity (Wildman–Crippen MR) is 89.4 cm³/mol. The van der Waals surface area contributed by atoms with Gasteiger partial charge in [-0.15, -0.1) is 0 Å². The van der Waals surface area contributed by atoms with Crippen molar-refractivity contribution in [3.05, 3.63) is 75.5 Å². The van der Waals surface area contributed by atoms with Crippen LogP contribution in [0.2, 0.25) is 0 Å². The molecule has 0 saturated carbocycles. The van der Waals surface area contributed by atoms with Gasteiger partial charge in [-0.3, -0.25) is 4.79 Å². The van der Waals surface area contributed by atoms with Crippen LogP contribution in [0.1, 0.15) is 32.7 Å². The van der Waals surface area contributed by atoms with E-state index in [1.54, 1.807) is 13.0 Å². The number of rotatable bonds is 3. The van der Waals surface area contributed by atoms with Crippen LogP contribution in [-0.2, 0) is 25.7 Å². The van der Waals surface area contributed by atoms with Gasteiger partial charge in [0.25, 0.3) is 0 Å². The Hall–Kier alpha value is -2.75. The molecule has 0 bridgehead atoms. The molecule has 0 unspecified atom stereocenters. The number of halogens is 7. The maximum atomic E-state index is 14.3. The number of aromatic nitrogens is 2. The average molecular weight is 498 g/mol. The van der Waals surface area contributed by atoms with Gasteiger partial charge in [-0.25, -0.2) is 17.6 Å². The summed E-state index contributed by atoms with van der Waals surface area (Å²) in [5.41, 5.74) is -4.57. The van der Waals surface area contributed by atoms with Crippen molar-refractivity contribution in [3.63, 3.8) is 0 Å². The molecule has 1 heterocycles. The molecule has 0 fully saturated rings. The maximum absolute atomic E-state index is 14.3. The zero-order valence-corrected chi connectivity index (χ0v) is 18.9. The minimum atomic E-state index is -5.72. The summed E-state index contributed by atoms with van der Waals surface area (Å²) in [7, 11) is 0. The van der Waals surface area contributed by atoms with Gasteiger partial charge < -0.3 is 5.11 Å². The fourth-order valence-corrected chi connectivity index (χ4v) is 2.92. The minimum Gasteiger partial charge on any atom is -0.493 e. The first-order valence-corrected chi connectivity index (χ1v) is 8.19. The van der Waals surface area contributed by atoms with Gasteiger partial charge in [0.15, 0.2) is 29.1 Å². The fraction of sp³-hybridized carbons (Fsp3) is 0.158. The van der Waals surface area contributed by atoms with Gasteiger partial charge in [-0.2, -0.15) is 23.0 Å². The molecule has 0 aliphatic rings. The zero-order valence-electron chi connectivity index (χ0n) is 15.9. The van der Waals surface area contributed by atoms with Crippen LogP contribution >= 0.6 is 0 Å². The molecule has 160 valence electrons. The SMILES string of the molecule is Cc1cccc(C(=O)c2c(C)nn(-c3c(F)c(F)c(C(F)(F)F)c(F)c3F)c2O)c1.[Zn]. The van der Waals surface area contributed by atoms with Crippen molar-refractivity contribution >= 4 is 5.78 Å². The Labute approximate surface area is 183 Å². The van der Waals surface area contributed by atoms with E-state index in [0.29, 0.717) is 5.56 Å². The molecule has 31 heavy (non-hydrogen) atoms. The van der Waals surface area contributed by atoms with E-state index in [-0.39, 0.29) is 35.4 Å². The van der Waals surface area contributed by atoms with Crippen LogP contribution in [-0.4, -0.2) is 20.7 Å². The number of benzene rings is 2. The molecule has 3 aromatic rings. The van der Waals surface area contributed by atoms with E-state index in [1.165, 1.54) is 18.2 Å². The maximum Gasteiger partial charge on any atom is 0.422 e. The van der Waals surface area contributed by atoms with Gasteiger partial charge in [0.1, 0.15) is 16.8 Å². The molecule has 0 aliphatic heterocycles. The van der Waals surface area contributed by atoms with Crippen LogP contribution in [0.25, 0.3) is 5.69 Å². The van der Waals surface area contributed by atoms with E-state index in [0.717, 1.165) is 6.92 Å². The van der Waals surface area contributed by atoms with Gasteiger partial charge in [0.05, 0.1) is 5.69 Å². The van der Waals surface area contributed by atoms with Crippen LogP contribution in [0.15, 0.2) is 24.3 Å². The summed E-state index contributed by atoms with van der Waals surface area (Å²) in [5.74, 6) is -12.3. The number of ketones is 1. The third-order valence-electron chi connectivity index (χ3n) is 4.28. The summed E-state index contributed by atoms with van der Waals surface area (Å²) in [6, 6.07) is 6.02. The van der Waals surface area contributed by atoms with Gasteiger partial charge in [0.2, 0.25) is 5.88 Å². The molecular weight excluding hydrogens is 487 g/mol. The quantitative estimate of drug-likeness (QED) is 0.240. The van der Waals surface area contributed by atoms with E-state index >= 15 is 0 Å². The molecule has 1 aromatic heterocycles. The second-order valence-corrected chi connectivity index (χ2v) is 6.37.